The van der Waals surface area contributed by atoms with Crippen LogP contribution < -0.4 is 4.74 Å². The zero-order chi connectivity index (χ0) is 23.0. The third kappa shape index (κ3) is 4.05. The number of fused-ring (bicyclic) bond motifs is 1. The molecular weight excluding hydrogens is 458 g/mol. The Balaban J connectivity index is 1.47. The first kappa shape index (κ1) is 21.4. The van der Waals surface area contributed by atoms with Crippen LogP contribution >= 0.6 is 11.3 Å². The molecule has 1 unspecified atom stereocenters. The summed E-state index contributed by atoms with van der Waals surface area (Å²) in [5, 5.41) is 8.41. The number of aromatic amines is 1. The summed E-state index contributed by atoms with van der Waals surface area (Å²) in [4.78, 5) is 17.4. The van der Waals surface area contributed by atoms with Crippen LogP contribution in [0.3, 0.4) is 0 Å². The number of rotatable bonds is 6. The molecule has 4 aromatic rings. The van der Waals surface area contributed by atoms with Crippen LogP contribution in [0.2, 0.25) is 0 Å². The molecule has 7 nitrogen and oxygen atoms in total. The number of sulfone groups is 1. The van der Waals surface area contributed by atoms with Gasteiger partial charge < -0.3 is 9.72 Å². The molecule has 0 aliphatic carbocycles. The van der Waals surface area contributed by atoms with Crippen molar-refractivity contribution in [2.45, 2.75) is 17.4 Å². The molecule has 0 saturated heterocycles. The second-order valence-corrected chi connectivity index (χ2v) is 10.6. The number of hydrogen-bond donors (Lipinski definition) is 1. The lowest BCUT2D eigenvalue weighted by Gasteiger charge is -2.22. The maximum absolute atomic E-state index is 13.3. The minimum atomic E-state index is -3.88. The number of nitrogens with zero attached hydrogens (tertiary/aromatic N) is 2. The number of ether oxygens (including phenoxy) is 1. The fraction of sp³-hybridized carbons (Fsp3) is 0.167. The van der Waals surface area contributed by atoms with E-state index in [1.807, 2.05) is 47.8 Å². The van der Waals surface area contributed by atoms with Gasteiger partial charge in [0.15, 0.2) is 9.84 Å². The average molecular weight is 480 g/mol. The van der Waals surface area contributed by atoms with E-state index in [1.165, 1.54) is 22.5 Å². The average Bonchev–Trinajstić information content (AvgIpc) is 3.58. The summed E-state index contributed by atoms with van der Waals surface area (Å²) in [6, 6.07) is 18.0. The van der Waals surface area contributed by atoms with Crippen LogP contribution in [0.1, 0.15) is 22.9 Å². The van der Waals surface area contributed by atoms with Gasteiger partial charge in [-0.2, -0.15) is 5.10 Å². The Hall–Kier alpha value is -3.43. The van der Waals surface area contributed by atoms with Gasteiger partial charge in [-0.15, -0.1) is 11.3 Å². The predicted octanol–water partition coefficient (Wildman–Crippen LogP) is 4.39. The highest BCUT2D eigenvalue weighted by molar-refractivity contribution is 7.92. The Morgan fingerprint density at radius 3 is 2.67 bits per heavy atom. The first-order chi connectivity index (χ1) is 16.0. The van der Waals surface area contributed by atoms with Gasteiger partial charge in [-0.05, 0) is 35.2 Å². The number of thiophene rings is 1. The number of carbonyl (C=O) groups is 1. The monoisotopic (exact) mass is 479 g/mol. The summed E-state index contributed by atoms with van der Waals surface area (Å²) < 4.78 is 31.6. The predicted molar refractivity (Wildman–Crippen MR) is 128 cm³/mol. The van der Waals surface area contributed by atoms with Crippen molar-refractivity contribution in [2.75, 3.05) is 12.9 Å². The quantitative estimate of drug-likeness (QED) is 0.444. The first-order valence-electron chi connectivity index (χ1n) is 10.3. The number of carbonyl (C=O) groups excluding carboxylic acids is 1. The Labute approximate surface area is 195 Å². The van der Waals surface area contributed by atoms with E-state index >= 15 is 0 Å². The van der Waals surface area contributed by atoms with E-state index in [1.54, 1.807) is 25.3 Å². The van der Waals surface area contributed by atoms with Crippen LogP contribution in [0, 0.1) is 0 Å². The van der Waals surface area contributed by atoms with Crippen molar-refractivity contribution in [3.8, 4) is 5.75 Å². The van der Waals surface area contributed by atoms with E-state index in [9.17, 15) is 13.2 Å². The van der Waals surface area contributed by atoms with Crippen molar-refractivity contribution in [3.63, 3.8) is 0 Å². The number of amides is 1. The van der Waals surface area contributed by atoms with Crippen molar-refractivity contribution >= 4 is 43.7 Å². The smallest absolute Gasteiger partial charge is 0.258 e. The number of benzene rings is 2. The Bertz CT molecular complexity index is 1440. The van der Waals surface area contributed by atoms with E-state index in [0.29, 0.717) is 23.1 Å². The molecule has 33 heavy (non-hydrogen) atoms. The summed E-state index contributed by atoms with van der Waals surface area (Å²) in [5.74, 6) is -0.522. The van der Waals surface area contributed by atoms with Crippen molar-refractivity contribution in [3.05, 3.63) is 82.7 Å². The van der Waals surface area contributed by atoms with Crippen LogP contribution in [-0.2, 0) is 14.6 Å². The lowest BCUT2D eigenvalue weighted by molar-refractivity contribution is -0.130. The largest absolute Gasteiger partial charge is 0.497 e. The SMILES string of the molecule is COc1ccc(C2CC(c3cccs3)=NN2C(=O)CS(=O)(=O)c2c[nH]c3ccccc23)cc1. The zero-order valence-corrected chi connectivity index (χ0v) is 19.4. The molecule has 1 atom stereocenters. The second kappa shape index (κ2) is 8.49. The van der Waals surface area contributed by atoms with E-state index in [2.05, 4.69) is 10.1 Å². The van der Waals surface area contributed by atoms with Crippen molar-refractivity contribution in [1.29, 1.82) is 0 Å². The molecule has 168 valence electrons. The number of H-pyrrole nitrogens is 1. The number of para-hydroxylation sites is 1. The van der Waals surface area contributed by atoms with Crippen LogP contribution in [0.25, 0.3) is 10.9 Å². The molecule has 9 heteroatoms. The molecule has 1 aliphatic rings. The highest BCUT2D eigenvalue weighted by Gasteiger charge is 2.36. The van der Waals surface area contributed by atoms with Gasteiger partial charge in [0.05, 0.1) is 28.6 Å². The van der Waals surface area contributed by atoms with Crippen LogP contribution in [0.5, 0.6) is 5.75 Å². The van der Waals surface area contributed by atoms with Crippen molar-refractivity contribution in [2.24, 2.45) is 5.10 Å². The molecule has 1 aliphatic heterocycles. The van der Waals surface area contributed by atoms with E-state index in [-0.39, 0.29) is 4.90 Å². The Kier molecular flexibility index (Phi) is 5.51. The minimum absolute atomic E-state index is 0.120. The molecular formula is C24H21N3O4S2. The molecule has 1 N–H and O–H groups in total. The summed E-state index contributed by atoms with van der Waals surface area (Å²) in [6.07, 6.45) is 1.95. The summed E-state index contributed by atoms with van der Waals surface area (Å²) >= 11 is 1.54. The van der Waals surface area contributed by atoms with E-state index in [0.717, 1.165) is 16.2 Å². The molecule has 0 spiro atoms. The van der Waals surface area contributed by atoms with Crippen molar-refractivity contribution < 1.29 is 17.9 Å². The lowest BCUT2D eigenvalue weighted by Crippen LogP contribution is -2.32. The maximum atomic E-state index is 13.3. The molecule has 2 aromatic carbocycles. The highest BCUT2D eigenvalue weighted by Crippen LogP contribution is 2.35. The lowest BCUT2D eigenvalue weighted by atomic mass is 10.0. The third-order valence-electron chi connectivity index (χ3n) is 5.67. The molecule has 1 amide bonds. The standard InChI is InChI=1S/C24H21N3O4S2/c1-31-17-10-8-16(9-11-17)21-13-20(22-7-4-12-32-22)26-27(21)24(28)15-33(29,30)23-14-25-19-6-3-2-5-18(19)23/h2-12,14,21,25H,13,15H2,1H3. The summed E-state index contributed by atoms with van der Waals surface area (Å²) in [7, 11) is -2.29. The normalized spacial score (nSPS) is 16.2. The molecule has 0 fully saturated rings. The van der Waals surface area contributed by atoms with Crippen LogP contribution in [0.4, 0.5) is 0 Å². The van der Waals surface area contributed by atoms with Gasteiger partial charge in [0, 0.05) is 23.5 Å². The minimum Gasteiger partial charge on any atom is -0.497 e. The van der Waals surface area contributed by atoms with E-state index in [4.69, 9.17) is 4.74 Å². The second-order valence-electron chi connectivity index (χ2n) is 7.71. The molecule has 3 heterocycles. The van der Waals surface area contributed by atoms with Crippen LogP contribution in [0.15, 0.2) is 82.2 Å². The number of nitrogens with one attached hydrogen (secondary N) is 1. The molecule has 5 rings (SSSR count). The Morgan fingerprint density at radius 2 is 1.94 bits per heavy atom. The molecule has 0 radical (unpaired) electrons. The number of methoxy groups -OCH3 is 1. The molecule has 0 saturated carbocycles. The van der Waals surface area contributed by atoms with Gasteiger partial charge in [0.2, 0.25) is 0 Å². The van der Waals surface area contributed by atoms with Gasteiger partial charge in [0.1, 0.15) is 11.5 Å². The van der Waals surface area contributed by atoms with Crippen molar-refractivity contribution in [1.82, 2.24) is 9.99 Å². The molecule has 0 bridgehead atoms. The first-order valence-corrected chi connectivity index (χ1v) is 12.9. The number of hydrogen-bond acceptors (Lipinski definition) is 6. The number of hydrazone groups is 1. The van der Waals surface area contributed by atoms with Crippen LogP contribution in [-0.4, -0.2) is 42.9 Å². The fourth-order valence-corrected chi connectivity index (χ4v) is 6.11. The van der Waals surface area contributed by atoms with Gasteiger partial charge in [-0.25, -0.2) is 13.4 Å². The van der Waals surface area contributed by atoms with Gasteiger partial charge in [0.25, 0.3) is 5.91 Å². The van der Waals surface area contributed by atoms with Gasteiger partial charge in [-0.1, -0.05) is 36.4 Å². The fourth-order valence-electron chi connectivity index (χ4n) is 4.03. The van der Waals surface area contributed by atoms with E-state index < -0.39 is 27.5 Å². The zero-order valence-electron chi connectivity index (χ0n) is 17.8. The topological polar surface area (TPSA) is 91.8 Å². The third-order valence-corrected chi connectivity index (χ3v) is 8.23. The summed E-state index contributed by atoms with van der Waals surface area (Å²) in [6.45, 7) is 0. The number of aromatic nitrogens is 1. The molecule has 2 aromatic heterocycles. The highest BCUT2D eigenvalue weighted by atomic mass is 32.2. The summed E-state index contributed by atoms with van der Waals surface area (Å²) in [5.41, 5.74) is 2.34. The van der Waals surface area contributed by atoms with Gasteiger partial charge in [-0.3, -0.25) is 4.79 Å². The van der Waals surface area contributed by atoms with Gasteiger partial charge >= 0.3 is 0 Å². The maximum Gasteiger partial charge on any atom is 0.258 e. The Morgan fingerprint density at radius 1 is 1.15 bits per heavy atom.